The Kier molecular flexibility index (Phi) is 8.47. The van der Waals surface area contributed by atoms with E-state index in [4.69, 9.17) is 21.1 Å². The number of nitrogens with zero attached hydrogens (tertiary/aromatic N) is 1. The van der Waals surface area contributed by atoms with Crippen molar-refractivity contribution in [3.8, 4) is 11.5 Å². The van der Waals surface area contributed by atoms with E-state index in [0.717, 1.165) is 59.4 Å². The fraction of sp³-hybridized carbons (Fsp3) is 0.526. The smallest absolute Gasteiger partial charge is 0.162 e. The lowest BCUT2D eigenvalue weighted by Gasteiger charge is -2.52. The van der Waals surface area contributed by atoms with Gasteiger partial charge in [-0.15, -0.1) is 0 Å². The summed E-state index contributed by atoms with van der Waals surface area (Å²) in [6, 6.07) is 13.9. The number of hydrogen-bond acceptors (Lipinski definition) is 5. The molecule has 0 N–H and O–H groups in total. The van der Waals surface area contributed by atoms with Crippen LogP contribution in [0.5, 0.6) is 11.5 Å². The lowest BCUT2D eigenvalue weighted by atomic mass is 9.63. The van der Waals surface area contributed by atoms with Gasteiger partial charge in [0.15, 0.2) is 23.1 Å². The average Bonchev–Trinajstić information content (AvgIpc) is 2.95. The molecule has 1 saturated carbocycles. The second kappa shape index (κ2) is 12.0. The molecule has 0 radical (unpaired) electrons. The minimum absolute atomic E-state index is 0.129. The number of carbonyl (C=O) groups excluding carboxylic acids is 2. The molecule has 2 aromatic rings. The van der Waals surface area contributed by atoms with Crippen molar-refractivity contribution in [3.05, 3.63) is 81.2 Å². The van der Waals surface area contributed by atoms with Crippen LogP contribution in [0.4, 0.5) is 0 Å². The number of benzene rings is 2. The molecular weight excluding hydrogens is 570 g/mol. The average molecular weight is 616 g/mol. The molecule has 6 rings (SSSR count). The van der Waals surface area contributed by atoms with Gasteiger partial charge in [-0.2, -0.15) is 0 Å². The maximum atomic E-state index is 14.2. The van der Waals surface area contributed by atoms with Crippen LogP contribution in [0.2, 0.25) is 5.02 Å². The third-order valence-electron chi connectivity index (χ3n) is 9.80. The Morgan fingerprint density at radius 3 is 1.93 bits per heavy atom. The first-order chi connectivity index (χ1) is 21.0. The van der Waals surface area contributed by atoms with Gasteiger partial charge >= 0.3 is 0 Å². The van der Waals surface area contributed by atoms with E-state index in [0.29, 0.717) is 48.6 Å². The van der Waals surface area contributed by atoms with E-state index in [-0.39, 0.29) is 22.4 Å². The summed E-state index contributed by atoms with van der Waals surface area (Å²) < 4.78 is 12.4. The number of Topliss-reactive ketones (excluding diaryl/α,β-unsaturated/α-hetero) is 2. The summed E-state index contributed by atoms with van der Waals surface area (Å²) >= 11 is 6.07. The summed E-state index contributed by atoms with van der Waals surface area (Å²) in [5.74, 6) is 1.22. The summed E-state index contributed by atoms with van der Waals surface area (Å²) in [6.45, 7) is 11.7. The lowest BCUT2D eigenvalue weighted by molar-refractivity contribution is -0.119. The molecule has 2 aromatic carbocycles. The number of allylic oxidation sites excluding steroid dienone is 4. The first kappa shape index (κ1) is 31.0. The monoisotopic (exact) mass is 615 g/mol. The maximum absolute atomic E-state index is 14.2. The zero-order chi connectivity index (χ0) is 31.2. The maximum Gasteiger partial charge on any atom is 0.162 e. The van der Waals surface area contributed by atoms with E-state index in [1.54, 1.807) is 0 Å². The molecule has 234 valence electrons. The van der Waals surface area contributed by atoms with Gasteiger partial charge in [0.1, 0.15) is 6.61 Å². The molecule has 0 unspecified atom stereocenters. The topological polar surface area (TPSA) is 55.8 Å². The first-order valence-corrected chi connectivity index (χ1v) is 16.8. The number of carbonyl (C=O) groups is 2. The zero-order valence-corrected chi connectivity index (χ0v) is 27.7. The molecule has 1 fully saturated rings. The molecule has 0 spiro atoms. The van der Waals surface area contributed by atoms with Crippen LogP contribution in [0.15, 0.2) is 65.0 Å². The number of halogens is 1. The molecule has 0 saturated heterocycles. The van der Waals surface area contributed by atoms with Crippen LogP contribution in [0.1, 0.15) is 109 Å². The Bertz CT molecular complexity index is 1460. The summed E-state index contributed by atoms with van der Waals surface area (Å²) in [4.78, 5) is 31.0. The molecular formula is C38H46ClNO4. The van der Waals surface area contributed by atoms with Crippen molar-refractivity contribution >= 4 is 23.2 Å². The van der Waals surface area contributed by atoms with Crippen molar-refractivity contribution in [2.24, 2.45) is 10.8 Å². The highest BCUT2D eigenvalue weighted by atomic mass is 35.5. The van der Waals surface area contributed by atoms with Gasteiger partial charge in [-0.05, 0) is 78.8 Å². The molecule has 44 heavy (non-hydrogen) atoms. The quantitative estimate of drug-likeness (QED) is 0.311. The van der Waals surface area contributed by atoms with Crippen LogP contribution in [0.25, 0.3) is 0 Å². The number of ketones is 2. The van der Waals surface area contributed by atoms with Gasteiger partial charge in [0, 0.05) is 52.4 Å². The second-order valence-electron chi connectivity index (χ2n) is 14.8. The van der Waals surface area contributed by atoms with Gasteiger partial charge in [-0.1, -0.05) is 76.8 Å². The van der Waals surface area contributed by atoms with Crippen LogP contribution in [-0.4, -0.2) is 29.1 Å². The highest BCUT2D eigenvalue weighted by Gasteiger charge is 2.50. The van der Waals surface area contributed by atoms with E-state index in [1.807, 2.05) is 49.4 Å². The lowest BCUT2D eigenvalue weighted by Crippen LogP contribution is -2.48. The highest BCUT2D eigenvalue weighted by molar-refractivity contribution is 6.30. The van der Waals surface area contributed by atoms with Gasteiger partial charge in [-0.25, -0.2) is 0 Å². The van der Waals surface area contributed by atoms with Crippen molar-refractivity contribution in [2.75, 3.05) is 6.61 Å². The fourth-order valence-electron chi connectivity index (χ4n) is 7.94. The SMILES string of the molecule is CCOc1cc(C2C3=C(CC(C)(C)CC3=O)N(C3CCCCC3)C3=C2C(=O)CC(C)(C)C3)ccc1OCc1ccc(Cl)cc1. The summed E-state index contributed by atoms with van der Waals surface area (Å²) in [7, 11) is 0. The van der Waals surface area contributed by atoms with Gasteiger partial charge in [0.2, 0.25) is 0 Å². The van der Waals surface area contributed by atoms with Crippen LogP contribution >= 0.6 is 11.6 Å². The van der Waals surface area contributed by atoms with Crippen molar-refractivity contribution in [3.63, 3.8) is 0 Å². The molecule has 1 heterocycles. The summed E-state index contributed by atoms with van der Waals surface area (Å²) in [5, 5.41) is 0.686. The Hall–Kier alpha value is -3.05. The third kappa shape index (κ3) is 6.09. The summed E-state index contributed by atoms with van der Waals surface area (Å²) in [6.07, 6.45) is 8.52. The van der Waals surface area contributed by atoms with Crippen molar-refractivity contribution < 1.29 is 19.1 Å². The summed E-state index contributed by atoms with van der Waals surface area (Å²) in [5.41, 5.74) is 5.66. The Morgan fingerprint density at radius 1 is 0.773 bits per heavy atom. The second-order valence-corrected chi connectivity index (χ2v) is 15.2. The van der Waals surface area contributed by atoms with Crippen molar-refractivity contribution in [2.45, 2.75) is 111 Å². The van der Waals surface area contributed by atoms with Crippen LogP contribution in [-0.2, 0) is 16.2 Å². The highest BCUT2D eigenvalue weighted by Crippen LogP contribution is 2.56. The predicted molar refractivity (Wildman–Crippen MR) is 175 cm³/mol. The van der Waals surface area contributed by atoms with Crippen LogP contribution in [0, 0.1) is 10.8 Å². The Labute approximate surface area is 267 Å². The number of hydrogen-bond donors (Lipinski definition) is 0. The Balaban J connectivity index is 1.47. The molecule has 0 aromatic heterocycles. The van der Waals surface area contributed by atoms with E-state index in [2.05, 4.69) is 32.6 Å². The van der Waals surface area contributed by atoms with Gasteiger partial charge in [-0.3, -0.25) is 9.59 Å². The molecule has 1 aliphatic heterocycles. The van der Waals surface area contributed by atoms with E-state index < -0.39 is 5.92 Å². The predicted octanol–water partition coefficient (Wildman–Crippen LogP) is 9.34. The van der Waals surface area contributed by atoms with Crippen LogP contribution < -0.4 is 9.47 Å². The van der Waals surface area contributed by atoms with E-state index in [9.17, 15) is 9.59 Å². The van der Waals surface area contributed by atoms with Crippen molar-refractivity contribution in [1.82, 2.24) is 4.90 Å². The molecule has 0 atom stereocenters. The van der Waals surface area contributed by atoms with Gasteiger partial charge < -0.3 is 14.4 Å². The molecule has 0 amide bonds. The molecule has 3 aliphatic carbocycles. The minimum atomic E-state index is -0.392. The first-order valence-electron chi connectivity index (χ1n) is 16.4. The van der Waals surface area contributed by atoms with E-state index in [1.165, 1.54) is 19.3 Å². The molecule has 5 nitrogen and oxygen atoms in total. The largest absolute Gasteiger partial charge is 0.490 e. The van der Waals surface area contributed by atoms with Crippen molar-refractivity contribution in [1.29, 1.82) is 0 Å². The minimum Gasteiger partial charge on any atom is -0.490 e. The molecule has 0 bridgehead atoms. The van der Waals surface area contributed by atoms with Gasteiger partial charge in [0.05, 0.1) is 6.61 Å². The molecule has 6 heteroatoms. The van der Waals surface area contributed by atoms with E-state index >= 15 is 0 Å². The normalized spacial score (nSPS) is 22.2. The fourth-order valence-corrected chi connectivity index (χ4v) is 8.07. The zero-order valence-electron chi connectivity index (χ0n) is 26.9. The number of ether oxygens (including phenoxy) is 2. The van der Waals surface area contributed by atoms with Gasteiger partial charge in [0.25, 0.3) is 0 Å². The standard InChI is InChI=1S/C38H46ClNO4/c1-6-43-33-18-25(14-17-32(33)44-23-24-12-15-26(39)16-13-24)34-35-28(19-37(2,3)21-30(35)41)40(27-10-8-7-9-11-27)29-20-38(4,5)22-31(42)36(29)34/h12-18,27,34H,6-11,19-23H2,1-5H3. The molecule has 4 aliphatic rings. The Morgan fingerprint density at radius 2 is 1.36 bits per heavy atom. The number of rotatable bonds is 7. The van der Waals surface area contributed by atoms with Crippen LogP contribution in [0.3, 0.4) is 0 Å². The third-order valence-corrected chi connectivity index (χ3v) is 10.1.